The van der Waals surface area contributed by atoms with Crippen molar-refractivity contribution < 1.29 is 18.0 Å². The maximum atomic E-state index is 13.3. The Kier molecular flexibility index (Phi) is 6.55. The van der Waals surface area contributed by atoms with E-state index in [1.807, 2.05) is 18.2 Å². The molecule has 4 nitrogen and oxygen atoms in total. The largest absolute Gasteiger partial charge is 0.416 e. The zero-order chi connectivity index (χ0) is 22.7. The van der Waals surface area contributed by atoms with Crippen LogP contribution in [0.25, 0.3) is 0 Å². The lowest BCUT2D eigenvalue weighted by Crippen LogP contribution is -2.61. The molecule has 1 saturated heterocycles. The summed E-state index contributed by atoms with van der Waals surface area (Å²) in [6, 6.07) is 14.1. The normalized spacial score (nSPS) is 20.9. The second-order valence-corrected chi connectivity index (χ2v) is 8.48. The van der Waals surface area contributed by atoms with Gasteiger partial charge in [-0.05, 0) is 42.2 Å². The van der Waals surface area contributed by atoms with E-state index >= 15 is 0 Å². The predicted molar refractivity (Wildman–Crippen MR) is 120 cm³/mol. The minimum atomic E-state index is -4.40. The number of nitrogens with one attached hydrogen (secondary N) is 1. The van der Waals surface area contributed by atoms with Crippen LogP contribution in [0.5, 0.6) is 0 Å². The minimum absolute atomic E-state index is 0.0754. The first-order valence-electron chi connectivity index (χ1n) is 11.0. The summed E-state index contributed by atoms with van der Waals surface area (Å²) in [5.41, 5.74) is 2.01. The summed E-state index contributed by atoms with van der Waals surface area (Å²) in [5, 5.41) is 2.86. The van der Waals surface area contributed by atoms with Crippen LogP contribution in [-0.2, 0) is 23.8 Å². The van der Waals surface area contributed by atoms with Gasteiger partial charge in [-0.15, -0.1) is 6.58 Å². The van der Waals surface area contributed by atoms with Gasteiger partial charge in [0.1, 0.15) is 0 Å². The zero-order valence-electron chi connectivity index (χ0n) is 17.9. The maximum Gasteiger partial charge on any atom is 0.416 e. The molecule has 170 valence electrons. The van der Waals surface area contributed by atoms with Gasteiger partial charge in [-0.25, -0.2) is 0 Å². The molecule has 0 saturated carbocycles. The molecule has 0 aliphatic carbocycles. The number of carbonyl (C=O) groups is 1. The average molecular weight is 444 g/mol. The highest BCUT2D eigenvalue weighted by Crippen LogP contribution is 2.39. The topological polar surface area (TPSA) is 35.6 Å². The molecule has 1 N–H and O–H groups in total. The van der Waals surface area contributed by atoms with Crippen molar-refractivity contribution in [3.63, 3.8) is 0 Å². The predicted octanol–water partition coefficient (Wildman–Crippen LogP) is 3.91. The number of fused-ring (bicyclic) bond motifs is 3. The van der Waals surface area contributed by atoms with Crippen molar-refractivity contribution in [3.8, 4) is 0 Å². The number of anilines is 1. The molecule has 2 aliphatic rings. The Morgan fingerprint density at radius 3 is 2.66 bits per heavy atom. The number of halogens is 3. The fraction of sp³-hybridized carbons (Fsp3) is 0.400. The van der Waals surface area contributed by atoms with E-state index in [2.05, 4.69) is 33.8 Å². The number of piperazine rings is 1. The van der Waals surface area contributed by atoms with Crippen LogP contribution in [0.2, 0.25) is 0 Å². The molecule has 2 aromatic rings. The highest BCUT2D eigenvalue weighted by Gasteiger charge is 2.42. The number of alkyl halides is 3. The first-order chi connectivity index (χ1) is 15.4. The zero-order valence-corrected chi connectivity index (χ0v) is 17.9. The molecule has 7 heteroatoms. The minimum Gasteiger partial charge on any atom is -0.365 e. The Balaban J connectivity index is 1.56. The molecule has 2 aliphatic heterocycles. The van der Waals surface area contributed by atoms with Crippen LogP contribution in [0.15, 0.2) is 61.2 Å². The van der Waals surface area contributed by atoms with Gasteiger partial charge in [0.25, 0.3) is 0 Å². The Morgan fingerprint density at radius 2 is 1.94 bits per heavy atom. The van der Waals surface area contributed by atoms with Crippen molar-refractivity contribution in [1.82, 2.24) is 10.2 Å². The van der Waals surface area contributed by atoms with Crippen molar-refractivity contribution in [1.29, 1.82) is 0 Å². The standard InChI is InChI=1S/C25H28F3N3O/c1-2-11-29-24(32)21-16-19-15-20(25(26,27)28)8-9-22(19)31-14-13-30(17-23(21)31)12-10-18-6-4-3-5-7-18/h2-9,15,21,23H,1,10-14,16-17H2,(H,29,32)/t21-,23-/m0/s1. The van der Waals surface area contributed by atoms with Crippen LogP contribution in [0, 0.1) is 5.92 Å². The van der Waals surface area contributed by atoms with Crippen molar-refractivity contribution >= 4 is 11.6 Å². The summed E-state index contributed by atoms with van der Waals surface area (Å²) in [6.07, 6.45) is -1.56. The summed E-state index contributed by atoms with van der Waals surface area (Å²) >= 11 is 0. The third kappa shape index (κ3) is 4.83. The fourth-order valence-electron chi connectivity index (χ4n) is 4.80. The van der Waals surface area contributed by atoms with Crippen LogP contribution >= 0.6 is 0 Å². The SMILES string of the molecule is C=CCNC(=O)[C@H]1Cc2cc(C(F)(F)F)ccc2N2CCN(CCc3ccccc3)C[C@@H]12. The smallest absolute Gasteiger partial charge is 0.365 e. The fourth-order valence-corrected chi connectivity index (χ4v) is 4.80. The van der Waals surface area contributed by atoms with Crippen LogP contribution < -0.4 is 10.2 Å². The molecule has 0 bridgehead atoms. The number of carbonyl (C=O) groups excluding carboxylic acids is 1. The molecule has 2 heterocycles. The molecule has 0 unspecified atom stereocenters. The van der Waals surface area contributed by atoms with Gasteiger partial charge in [0.05, 0.1) is 17.5 Å². The van der Waals surface area contributed by atoms with Gasteiger partial charge in [-0.3, -0.25) is 9.69 Å². The van der Waals surface area contributed by atoms with E-state index in [9.17, 15) is 18.0 Å². The number of amides is 1. The lowest BCUT2D eigenvalue weighted by molar-refractivity contribution is -0.137. The Bertz CT molecular complexity index is 961. The molecule has 1 fully saturated rings. The first-order valence-corrected chi connectivity index (χ1v) is 11.0. The second-order valence-electron chi connectivity index (χ2n) is 8.48. The van der Waals surface area contributed by atoms with Crippen molar-refractivity contribution in [2.75, 3.05) is 37.6 Å². The number of benzene rings is 2. The van der Waals surface area contributed by atoms with Crippen LogP contribution in [0.4, 0.5) is 18.9 Å². The van der Waals surface area contributed by atoms with E-state index in [-0.39, 0.29) is 11.9 Å². The van der Waals surface area contributed by atoms with E-state index in [1.165, 1.54) is 11.6 Å². The van der Waals surface area contributed by atoms with Gasteiger partial charge in [0, 0.05) is 38.4 Å². The number of rotatable bonds is 6. The molecular formula is C25H28F3N3O. The van der Waals surface area contributed by atoms with Crippen LogP contribution in [-0.4, -0.2) is 49.6 Å². The van der Waals surface area contributed by atoms with E-state index in [1.54, 1.807) is 12.1 Å². The summed E-state index contributed by atoms with van der Waals surface area (Å²) in [7, 11) is 0. The van der Waals surface area contributed by atoms with Gasteiger partial charge in [0.2, 0.25) is 5.91 Å². The Labute approximate surface area is 186 Å². The van der Waals surface area contributed by atoms with E-state index in [0.29, 0.717) is 31.6 Å². The van der Waals surface area contributed by atoms with E-state index in [0.717, 1.165) is 31.3 Å². The van der Waals surface area contributed by atoms with Gasteiger partial charge in [-0.2, -0.15) is 13.2 Å². The van der Waals surface area contributed by atoms with Crippen LogP contribution in [0.3, 0.4) is 0 Å². The molecule has 2 atom stereocenters. The number of hydrogen-bond acceptors (Lipinski definition) is 3. The monoisotopic (exact) mass is 443 g/mol. The van der Waals surface area contributed by atoms with E-state index < -0.39 is 17.7 Å². The number of hydrogen-bond donors (Lipinski definition) is 1. The third-order valence-electron chi connectivity index (χ3n) is 6.44. The Morgan fingerprint density at radius 1 is 1.16 bits per heavy atom. The molecule has 0 radical (unpaired) electrons. The molecule has 4 rings (SSSR count). The van der Waals surface area contributed by atoms with Gasteiger partial charge >= 0.3 is 6.18 Å². The van der Waals surface area contributed by atoms with Crippen molar-refractivity contribution in [3.05, 3.63) is 77.9 Å². The first kappa shape index (κ1) is 22.4. The summed E-state index contributed by atoms with van der Waals surface area (Å²) in [5.74, 6) is -0.543. The average Bonchev–Trinajstić information content (AvgIpc) is 2.80. The second kappa shape index (κ2) is 9.36. The van der Waals surface area contributed by atoms with Crippen molar-refractivity contribution in [2.24, 2.45) is 5.92 Å². The maximum absolute atomic E-state index is 13.3. The molecule has 1 amide bonds. The van der Waals surface area contributed by atoms with Gasteiger partial charge < -0.3 is 10.2 Å². The summed E-state index contributed by atoms with van der Waals surface area (Å²) in [6.45, 7) is 7.07. The Hall–Kier alpha value is -2.80. The molecule has 0 aromatic heterocycles. The third-order valence-corrected chi connectivity index (χ3v) is 6.44. The van der Waals surface area contributed by atoms with Crippen molar-refractivity contribution in [2.45, 2.75) is 25.1 Å². The summed E-state index contributed by atoms with van der Waals surface area (Å²) < 4.78 is 39.8. The number of nitrogens with zero attached hydrogens (tertiary/aromatic N) is 2. The molecule has 32 heavy (non-hydrogen) atoms. The summed E-state index contributed by atoms with van der Waals surface area (Å²) in [4.78, 5) is 17.5. The van der Waals surface area contributed by atoms with Gasteiger partial charge in [0.15, 0.2) is 0 Å². The highest BCUT2D eigenvalue weighted by atomic mass is 19.4. The van der Waals surface area contributed by atoms with Gasteiger partial charge in [-0.1, -0.05) is 36.4 Å². The van der Waals surface area contributed by atoms with E-state index in [4.69, 9.17) is 0 Å². The molecule has 0 spiro atoms. The van der Waals surface area contributed by atoms with Crippen LogP contribution in [0.1, 0.15) is 16.7 Å². The molecular weight excluding hydrogens is 415 g/mol. The lowest BCUT2D eigenvalue weighted by Gasteiger charge is -2.49. The lowest BCUT2D eigenvalue weighted by atomic mass is 9.82. The highest BCUT2D eigenvalue weighted by molar-refractivity contribution is 5.82. The quantitative estimate of drug-likeness (QED) is 0.688. The molecule has 2 aromatic carbocycles.